The molecule has 20 heavy (non-hydrogen) atoms. The minimum absolute atomic E-state index is 0.201. The zero-order valence-electron chi connectivity index (χ0n) is 11.7. The summed E-state index contributed by atoms with van der Waals surface area (Å²) < 4.78 is 13.6. The zero-order chi connectivity index (χ0) is 14.4. The lowest BCUT2D eigenvalue weighted by atomic mass is 10.1. The first-order chi connectivity index (χ1) is 9.71. The van der Waals surface area contributed by atoms with Gasteiger partial charge in [-0.15, -0.1) is 0 Å². The van der Waals surface area contributed by atoms with Crippen molar-refractivity contribution < 1.29 is 9.50 Å². The molecule has 1 saturated heterocycles. The first kappa shape index (κ1) is 15.4. The van der Waals surface area contributed by atoms with Gasteiger partial charge in [0.2, 0.25) is 0 Å². The SMILES string of the molecule is CCC1CN(Cc2cc(F)cc(C#CCO)c2)CCS1. The van der Waals surface area contributed by atoms with Crippen molar-refractivity contribution in [1.82, 2.24) is 4.90 Å². The van der Waals surface area contributed by atoms with Crippen LogP contribution in [0.3, 0.4) is 0 Å². The molecule has 1 heterocycles. The number of hydrogen-bond donors (Lipinski definition) is 1. The van der Waals surface area contributed by atoms with E-state index in [1.807, 2.05) is 17.8 Å². The summed E-state index contributed by atoms with van der Waals surface area (Å²) in [5.41, 5.74) is 1.58. The third-order valence-corrected chi connectivity index (χ3v) is 4.73. The zero-order valence-corrected chi connectivity index (χ0v) is 12.5. The standard InChI is InChI=1S/C16H20FNOS/c1-2-16-12-18(5-7-20-16)11-14-8-13(4-3-6-19)9-15(17)10-14/h8-10,16,19H,2,5-7,11-12H2,1H3. The van der Waals surface area contributed by atoms with Crippen molar-refractivity contribution in [2.24, 2.45) is 0 Å². The van der Waals surface area contributed by atoms with Crippen LogP contribution >= 0.6 is 11.8 Å². The molecule has 2 rings (SSSR count). The molecule has 0 saturated carbocycles. The second-order valence-electron chi connectivity index (χ2n) is 4.94. The van der Waals surface area contributed by atoms with E-state index < -0.39 is 0 Å². The van der Waals surface area contributed by atoms with Gasteiger partial charge in [-0.05, 0) is 30.2 Å². The molecule has 1 unspecified atom stereocenters. The second-order valence-corrected chi connectivity index (χ2v) is 6.35. The average Bonchev–Trinajstić information content (AvgIpc) is 2.44. The molecule has 4 heteroatoms. The Balaban J connectivity index is 2.06. The Labute approximate surface area is 124 Å². The molecule has 0 amide bonds. The topological polar surface area (TPSA) is 23.5 Å². The highest BCUT2D eigenvalue weighted by Gasteiger charge is 2.19. The largest absolute Gasteiger partial charge is 0.384 e. The van der Waals surface area contributed by atoms with E-state index in [1.54, 1.807) is 6.07 Å². The highest BCUT2D eigenvalue weighted by molar-refractivity contribution is 8.00. The van der Waals surface area contributed by atoms with Gasteiger partial charge in [0.15, 0.2) is 0 Å². The van der Waals surface area contributed by atoms with Crippen LogP contribution in [0.2, 0.25) is 0 Å². The Morgan fingerprint density at radius 2 is 2.30 bits per heavy atom. The van der Waals surface area contributed by atoms with Crippen LogP contribution in [0.5, 0.6) is 0 Å². The summed E-state index contributed by atoms with van der Waals surface area (Å²) in [5, 5.41) is 9.39. The van der Waals surface area contributed by atoms with Gasteiger partial charge in [-0.3, -0.25) is 4.90 Å². The number of thioether (sulfide) groups is 1. The molecule has 0 radical (unpaired) electrons. The van der Waals surface area contributed by atoms with E-state index in [0.717, 1.165) is 31.0 Å². The van der Waals surface area contributed by atoms with Crippen molar-refractivity contribution in [2.45, 2.75) is 25.1 Å². The van der Waals surface area contributed by atoms with E-state index >= 15 is 0 Å². The maximum absolute atomic E-state index is 13.6. The lowest BCUT2D eigenvalue weighted by molar-refractivity contribution is 0.273. The number of aliphatic hydroxyl groups excluding tert-OH is 1. The Hall–Kier alpha value is -1.02. The molecule has 1 aliphatic heterocycles. The first-order valence-corrected chi connectivity index (χ1v) is 7.99. The highest BCUT2D eigenvalue weighted by atomic mass is 32.2. The molecule has 108 valence electrons. The van der Waals surface area contributed by atoms with Crippen molar-refractivity contribution in [1.29, 1.82) is 0 Å². The molecule has 1 fully saturated rings. The number of hydrogen-bond acceptors (Lipinski definition) is 3. The molecule has 1 N–H and O–H groups in total. The van der Waals surface area contributed by atoms with Gasteiger partial charge in [0.05, 0.1) is 0 Å². The second kappa shape index (κ2) is 7.68. The fourth-order valence-corrected chi connectivity index (χ4v) is 3.63. The fourth-order valence-electron chi connectivity index (χ4n) is 2.38. The minimum Gasteiger partial charge on any atom is -0.384 e. The molecular formula is C16H20FNOS. The van der Waals surface area contributed by atoms with Crippen molar-refractivity contribution in [2.75, 3.05) is 25.4 Å². The number of halogens is 1. The van der Waals surface area contributed by atoms with E-state index in [0.29, 0.717) is 10.8 Å². The van der Waals surface area contributed by atoms with Crippen LogP contribution in [0.25, 0.3) is 0 Å². The lowest BCUT2D eigenvalue weighted by Gasteiger charge is -2.31. The number of nitrogens with zero attached hydrogens (tertiary/aromatic N) is 1. The van der Waals surface area contributed by atoms with Gasteiger partial charge in [-0.25, -0.2) is 4.39 Å². The molecule has 0 spiro atoms. The summed E-state index contributed by atoms with van der Waals surface area (Å²) >= 11 is 2.03. The lowest BCUT2D eigenvalue weighted by Crippen LogP contribution is -2.37. The molecule has 1 aromatic carbocycles. The Bertz CT molecular complexity index is 509. The van der Waals surface area contributed by atoms with E-state index in [9.17, 15) is 4.39 Å². The molecule has 0 bridgehead atoms. The third kappa shape index (κ3) is 4.52. The normalized spacial score (nSPS) is 19.4. The first-order valence-electron chi connectivity index (χ1n) is 6.94. The van der Waals surface area contributed by atoms with Crippen molar-refractivity contribution in [3.8, 4) is 11.8 Å². The molecule has 2 nitrogen and oxygen atoms in total. The summed E-state index contributed by atoms with van der Waals surface area (Å²) in [4.78, 5) is 2.38. The summed E-state index contributed by atoms with van der Waals surface area (Å²) in [6, 6.07) is 4.90. The van der Waals surface area contributed by atoms with Gasteiger partial charge in [-0.1, -0.05) is 18.8 Å². The van der Waals surface area contributed by atoms with Crippen molar-refractivity contribution in [3.63, 3.8) is 0 Å². The van der Waals surface area contributed by atoms with E-state index in [1.165, 1.54) is 12.5 Å². The predicted molar refractivity (Wildman–Crippen MR) is 82.2 cm³/mol. The van der Waals surface area contributed by atoms with Gasteiger partial charge >= 0.3 is 0 Å². The summed E-state index contributed by atoms with van der Waals surface area (Å²) in [7, 11) is 0. The highest BCUT2D eigenvalue weighted by Crippen LogP contribution is 2.22. The summed E-state index contributed by atoms with van der Waals surface area (Å²) in [6.07, 6.45) is 1.18. The summed E-state index contributed by atoms with van der Waals surface area (Å²) in [5.74, 6) is 6.21. The Kier molecular flexibility index (Phi) is 5.90. The van der Waals surface area contributed by atoms with Gasteiger partial charge in [-0.2, -0.15) is 11.8 Å². The van der Waals surface area contributed by atoms with Gasteiger partial charge in [0, 0.05) is 36.2 Å². The Morgan fingerprint density at radius 3 is 3.05 bits per heavy atom. The molecule has 0 aromatic heterocycles. The quantitative estimate of drug-likeness (QED) is 0.866. The number of rotatable bonds is 3. The maximum atomic E-state index is 13.6. The van der Waals surface area contributed by atoms with Crippen molar-refractivity contribution >= 4 is 11.8 Å². The van der Waals surface area contributed by atoms with Crippen LogP contribution in [0, 0.1) is 17.7 Å². The monoisotopic (exact) mass is 293 g/mol. The van der Waals surface area contributed by atoms with E-state index in [2.05, 4.69) is 23.7 Å². The van der Waals surface area contributed by atoms with Crippen LogP contribution in [0.4, 0.5) is 4.39 Å². The molecule has 1 aromatic rings. The van der Waals surface area contributed by atoms with E-state index in [4.69, 9.17) is 5.11 Å². The minimum atomic E-state index is -0.261. The molecule has 1 atom stereocenters. The van der Waals surface area contributed by atoms with Crippen LogP contribution < -0.4 is 0 Å². The Morgan fingerprint density at radius 1 is 1.45 bits per heavy atom. The smallest absolute Gasteiger partial charge is 0.124 e. The van der Waals surface area contributed by atoms with Crippen LogP contribution in [0.15, 0.2) is 18.2 Å². The number of benzene rings is 1. The predicted octanol–water partition coefficient (Wildman–Crippen LogP) is 2.50. The van der Waals surface area contributed by atoms with Gasteiger partial charge in [0.25, 0.3) is 0 Å². The van der Waals surface area contributed by atoms with Crippen LogP contribution in [-0.2, 0) is 6.54 Å². The van der Waals surface area contributed by atoms with Crippen LogP contribution in [0.1, 0.15) is 24.5 Å². The maximum Gasteiger partial charge on any atom is 0.124 e. The third-order valence-electron chi connectivity index (χ3n) is 3.35. The average molecular weight is 293 g/mol. The van der Waals surface area contributed by atoms with Crippen molar-refractivity contribution in [3.05, 3.63) is 35.1 Å². The fraction of sp³-hybridized carbons (Fsp3) is 0.500. The van der Waals surface area contributed by atoms with E-state index in [-0.39, 0.29) is 12.4 Å². The van der Waals surface area contributed by atoms with Gasteiger partial charge in [0.1, 0.15) is 12.4 Å². The molecule has 0 aliphatic carbocycles. The number of aliphatic hydroxyl groups is 1. The molecular weight excluding hydrogens is 273 g/mol. The van der Waals surface area contributed by atoms with Gasteiger partial charge < -0.3 is 5.11 Å². The van der Waals surface area contributed by atoms with Crippen LogP contribution in [-0.4, -0.2) is 40.7 Å². The summed E-state index contributed by atoms with van der Waals surface area (Å²) in [6.45, 7) is 4.90. The molecule has 1 aliphatic rings.